The van der Waals surface area contributed by atoms with Gasteiger partial charge in [-0.1, -0.05) is 18.2 Å². The Morgan fingerprint density at radius 2 is 1.81 bits per heavy atom. The normalized spacial score (nSPS) is 11.0. The summed E-state index contributed by atoms with van der Waals surface area (Å²) in [6.45, 7) is 0.764. The number of methoxy groups -OCH3 is 2. The van der Waals surface area contributed by atoms with Gasteiger partial charge in [-0.25, -0.2) is 0 Å². The van der Waals surface area contributed by atoms with Crippen LogP contribution in [0, 0.1) is 0 Å². The largest absolute Gasteiger partial charge is 0.493 e. The molecule has 7 heteroatoms. The van der Waals surface area contributed by atoms with E-state index in [1.165, 1.54) is 11.1 Å². The number of aliphatic imine (C=N–C) groups is 1. The topological polar surface area (TPSA) is 70.7 Å². The van der Waals surface area contributed by atoms with E-state index in [1.807, 2.05) is 30.3 Å². The first kappa shape index (κ1) is 20.9. The highest BCUT2D eigenvalue weighted by Crippen LogP contribution is 2.29. The molecule has 0 spiro atoms. The Hall–Kier alpha value is -2.42. The summed E-state index contributed by atoms with van der Waals surface area (Å²) >= 11 is 0. The Bertz CT molecular complexity index is 875. The summed E-state index contributed by atoms with van der Waals surface area (Å²) in [5, 5.41) is 7.82. The van der Waals surface area contributed by atoms with E-state index in [1.54, 1.807) is 21.3 Å². The third-order valence-corrected chi connectivity index (χ3v) is 4.14. The summed E-state index contributed by atoms with van der Waals surface area (Å²) in [4.78, 5) is 7.70. The number of benzene rings is 2. The summed E-state index contributed by atoms with van der Waals surface area (Å²) < 4.78 is 10.6. The molecule has 3 N–H and O–H groups in total. The minimum absolute atomic E-state index is 0. The molecule has 0 amide bonds. The van der Waals surface area contributed by atoms with E-state index in [-0.39, 0.29) is 24.0 Å². The lowest BCUT2D eigenvalue weighted by Gasteiger charge is -2.14. The molecule has 0 atom stereocenters. The molecule has 6 nitrogen and oxygen atoms in total. The Balaban J connectivity index is 0.00000261. The number of nitrogens with zero attached hydrogens (tertiary/aromatic N) is 1. The fourth-order valence-corrected chi connectivity index (χ4v) is 2.81. The van der Waals surface area contributed by atoms with E-state index in [0.29, 0.717) is 17.5 Å². The van der Waals surface area contributed by atoms with Gasteiger partial charge in [-0.3, -0.25) is 4.99 Å². The minimum atomic E-state index is 0. The third kappa shape index (κ3) is 5.29. The first-order valence-corrected chi connectivity index (χ1v) is 8.50. The van der Waals surface area contributed by atoms with Crippen LogP contribution >= 0.6 is 24.0 Å². The number of para-hydroxylation sites is 1. The van der Waals surface area contributed by atoms with Crippen LogP contribution in [0.4, 0.5) is 5.69 Å². The maximum absolute atomic E-state index is 5.33. The monoisotopic (exact) mass is 480 g/mol. The molecule has 0 saturated carbocycles. The molecule has 0 radical (unpaired) electrons. The molecule has 1 aromatic heterocycles. The van der Waals surface area contributed by atoms with Crippen LogP contribution in [0.25, 0.3) is 10.9 Å². The Morgan fingerprint density at radius 1 is 1.04 bits per heavy atom. The maximum Gasteiger partial charge on any atom is 0.195 e. The zero-order chi connectivity index (χ0) is 18.4. The van der Waals surface area contributed by atoms with Crippen molar-refractivity contribution in [2.75, 3.05) is 33.1 Å². The van der Waals surface area contributed by atoms with Crippen LogP contribution in [0.2, 0.25) is 0 Å². The van der Waals surface area contributed by atoms with Crippen molar-refractivity contribution in [1.82, 2.24) is 10.3 Å². The van der Waals surface area contributed by atoms with Crippen LogP contribution in [-0.4, -0.2) is 38.8 Å². The number of halogens is 1. The number of fused-ring (bicyclic) bond motifs is 1. The van der Waals surface area contributed by atoms with Gasteiger partial charge < -0.3 is 25.1 Å². The molecular formula is C20H25IN4O2. The average Bonchev–Trinajstić information content (AvgIpc) is 3.09. The molecule has 0 aliphatic rings. The molecule has 2 aromatic carbocycles. The van der Waals surface area contributed by atoms with Gasteiger partial charge in [0.25, 0.3) is 0 Å². The maximum atomic E-state index is 5.33. The van der Waals surface area contributed by atoms with Crippen molar-refractivity contribution in [3.8, 4) is 11.5 Å². The summed E-state index contributed by atoms with van der Waals surface area (Å²) in [7, 11) is 4.99. The SMILES string of the molecule is CN=C(NCCc1cc2ccccc2[nH]1)Nc1ccc(OC)c(OC)c1.I. The minimum Gasteiger partial charge on any atom is -0.493 e. The van der Waals surface area contributed by atoms with Gasteiger partial charge in [-0.15, -0.1) is 24.0 Å². The van der Waals surface area contributed by atoms with E-state index in [9.17, 15) is 0 Å². The Labute approximate surface area is 176 Å². The standard InChI is InChI=1S/C20H24N4O2.HI/c1-21-20(24-15-8-9-18(25-2)19(13-15)26-3)22-11-10-16-12-14-6-4-5-7-17(14)23-16;/h4-9,12-13,23H,10-11H2,1-3H3,(H2,21,22,24);1H. The lowest BCUT2D eigenvalue weighted by atomic mass is 10.2. The summed E-state index contributed by atoms with van der Waals surface area (Å²) in [5.41, 5.74) is 3.23. The van der Waals surface area contributed by atoms with Gasteiger partial charge >= 0.3 is 0 Å². The van der Waals surface area contributed by atoms with Crippen molar-refractivity contribution in [3.63, 3.8) is 0 Å². The predicted octanol–water partition coefficient (Wildman–Crippen LogP) is 4.03. The van der Waals surface area contributed by atoms with Gasteiger partial charge in [0.1, 0.15) is 0 Å². The van der Waals surface area contributed by atoms with Gasteiger partial charge in [-0.05, 0) is 29.7 Å². The quantitative estimate of drug-likeness (QED) is 0.283. The molecule has 1 heterocycles. The number of H-pyrrole nitrogens is 1. The first-order valence-electron chi connectivity index (χ1n) is 8.50. The second-order valence-electron chi connectivity index (χ2n) is 5.83. The fraction of sp³-hybridized carbons (Fsp3) is 0.250. The molecule has 0 bridgehead atoms. The number of hydrogen-bond acceptors (Lipinski definition) is 3. The van der Waals surface area contributed by atoms with Crippen LogP contribution < -0.4 is 20.1 Å². The van der Waals surface area contributed by atoms with Crippen LogP contribution in [-0.2, 0) is 6.42 Å². The highest BCUT2D eigenvalue weighted by molar-refractivity contribution is 14.0. The van der Waals surface area contributed by atoms with Crippen molar-refractivity contribution < 1.29 is 9.47 Å². The molecule has 0 fully saturated rings. The van der Waals surface area contributed by atoms with Crippen LogP contribution in [0.1, 0.15) is 5.69 Å². The highest BCUT2D eigenvalue weighted by Gasteiger charge is 2.06. The van der Waals surface area contributed by atoms with E-state index in [2.05, 4.69) is 38.8 Å². The zero-order valence-corrected chi connectivity index (χ0v) is 18.0. The molecule has 27 heavy (non-hydrogen) atoms. The number of aromatic amines is 1. The first-order chi connectivity index (χ1) is 12.7. The fourth-order valence-electron chi connectivity index (χ4n) is 2.81. The summed E-state index contributed by atoms with van der Waals surface area (Å²) in [6.07, 6.45) is 0.876. The number of hydrogen-bond donors (Lipinski definition) is 3. The molecule has 0 unspecified atom stereocenters. The number of anilines is 1. The summed E-state index contributed by atoms with van der Waals surface area (Å²) in [5.74, 6) is 2.07. The molecule has 0 aliphatic heterocycles. The van der Waals surface area contributed by atoms with Gasteiger partial charge in [0.05, 0.1) is 14.2 Å². The predicted molar refractivity (Wildman–Crippen MR) is 122 cm³/mol. The second kappa shape index (κ2) is 10.1. The number of rotatable bonds is 6. The number of ether oxygens (including phenoxy) is 2. The van der Waals surface area contributed by atoms with Crippen molar-refractivity contribution in [2.45, 2.75) is 6.42 Å². The van der Waals surface area contributed by atoms with Gasteiger partial charge in [0.2, 0.25) is 0 Å². The number of aromatic nitrogens is 1. The van der Waals surface area contributed by atoms with Crippen LogP contribution in [0.5, 0.6) is 11.5 Å². The van der Waals surface area contributed by atoms with Gasteiger partial charge in [-0.2, -0.15) is 0 Å². The lowest BCUT2D eigenvalue weighted by Crippen LogP contribution is -2.32. The Morgan fingerprint density at radius 3 is 2.52 bits per heavy atom. The zero-order valence-electron chi connectivity index (χ0n) is 15.7. The average molecular weight is 480 g/mol. The van der Waals surface area contributed by atoms with E-state index < -0.39 is 0 Å². The van der Waals surface area contributed by atoms with E-state index in [4.69, 9.17) is 9.47 Å². The van der Waals surface area contributed by atoms with Crippen LogP contribution in [0.15, 0.2) is 53.5 Å². The number of guanidine groups is 1. The molecule has 3 rings (SSSR count). The van der Waals surface area contributed by atoms with Gasteiger partial charge in [0.15, 0.2) is 17.5 Å². The van der Waals surface area contributed by atoms with Crippen LogP contribution in [0.3, 0.4) is 0 Å². The molecule has 144 valence electrons. The lowest BCUT2D eigenvalue weighted by molar-refractivity contribution is 0.355. The molecule has 3 aromatic rings. The molecular weight excluding hydrogens is 455 g/mol. The summed E-state index contributed by atoms with van der Waals surface area (Å²) in [6, 6.07) is 16.1. The van der Waals surface area contributed by atoms with Crippen molar-refractivity contribution in [2.24, 2.45) is 4.99 Å². The highest BCUT2D eigenvalue weighted by atomic mass is 127. The molecule has 0 saturated heterocycles. The van der Waals surface area contributed by atoms with Crippen molar-refractivity contribution >= 4 is 46.5 Å². The Kier molecular flexibility index (Phi) is 7.78. The third-order valence-electron chi connectivity index (χ3n) is 4.14. The van der Waals surface area contributed by atoms with Crippen molar-refractivity contribution in [1.29, 1.82) is 0 Å². The number of nitrogens with one attached hydrogen (secondary N) is 3. The van der Waals surface area contributed by atoms with Crippen molar-refractivity contribution in [3.05, 3.63) is 54.2 Å². The molecule has 0 aliphatic carbocycles. The van der Waals surface area contributed by atoms with E-state index >= 15 is 0 Å². The smallest absolute Gasteiger partial charge is 0.195 e. The second-order valence-corrected chi connectivity index (χ2v) is 5.83. The van der Waals surface area contributed by atoms with Gasteiger partial charge in [0, 0.05) is 43.0 Å². The van der Waals surface area contributed by atoms with E-state index in [0.717, 1.165) is 24.2 Å².